The molecular weight excluding hydrogens is 440 g/mol. The predicted octanol–water partition coefficient (Wildman–Crippen LogP) is 3.34. The molecule has 0 radical (unpaired) electrons. The highest BCUT2D eigenvalue weighted by Gasteiger charge is 2.34. The Morgan fingerprint density at radius 1 is 1.12 bits per heavy atom. The third-order valence-corrected chi connectivity index (χ3v) is 5.38. The summed E-state index contributed by atoms with van der Waals surface area (Å²) in [6, 6.07) is 6.58. The molecule has 1 fully saturated rings. The summed E-state index contributed by atoms with van der Waals surface area (Å²) in [5.74, 6) is -1.94. The van der Waals surface area contributed by atoms with Gasteiger partial charge in [0, 0.05) is 32.2 Å². The lowest BCUT2D eigenvalue weighted by Gasteiger charge is -2.31. The molecule has 1 amide bonds. The van der Waals surface area contributed by atoms with Crippen LogP contribution in [0.4, 0.5) is 10.5 Å². The molecule has 34 heavy (non-hydrogen) atoms. The zero-order chi connectivity index (χ0) is 25.5. The van der Waals surface area contributed by atoms with Crippen molar-refractivity contribution in [2.75, 3.05) is 38.3 Å². The number of hydrogen-bond acceptors (Lipinski definition) is 7. The van der Waals surface area contributed by atoms with Crippen molar-refractivity contribution in [3.05, 3.63) is 29.8 Å². The molecule has 1 aliphatic heterocycles. The summed E-state index contributed by atoms with van der Waals surface area (Å²) < 4.78 is 16.2. The normalized spacial score (nSPS) is 16.0. The molecule has 1 N–H and O–H groups in total. The van der Waals surface area contributed by atoms with Crippen LogP contribution in [0.5, 0.6) is 0 Å². The van der Waals surface area contributed by atoms with Crippen molar-refractivity contribution < 1.29 is 33.7 Å². The largest absolute Gasteiger partial charge is 0.478 e. The Morgan fingerprint density at radius 3 is 2.21 bits per heavy atom. The van der Waals surface area contributed by atoms with Crippen LogP contribution in [-0.4, -0.2) is 79.1 Å². The van der Waals surface area contributed by atoms with Crippen molar-refractivity contribution in [3.8, 4) is 0 Å². The fraction of sp³-hybridized carbons (Fsp3) is 0.640. The van der Waals surface area contributed by atoms with Gasteiger partial charge in [0.2, 0.25) is 6.10 Å². The fourth-order valence-corrected chi connectivity index (χ4v) is 3.60. The molecule has 1 saturated heterocycles. The lowest BCUT2D eigenvalue weighted by molar-refractivity contribution is -0.167. The maximum atomic E-state index is 13.0. The van der Waals surface area contributed by atoms with Gasteiger partial charge < -0.3 is 24.2 Å². The summed E-state index contributed by atoms with van der Waals surface area (Å²) in [5.41, 5.74) is 1.04. The van der Waals surface area contributed by atoms with Gasteiger partial charge in [-0.25, -0.2) is 14.4 Å². The molecule has 1 heterocycles. The van der Waals surface area contributed by atoms with Gasteiger partial charge in [0.15, 0.2) is 0 Å². The summed E-state index contributed by atoms with van der Waals surface area (Å²) in [6.07, 6.45) is -1.70. The Morgan fingerprint density at radius 2 is 1.71 bits per heavy atom. The highest BCUT2D eigenvalue weighted by Crippen LogP contribution is 2.20. The number of morpholine rings is 1. The number of carboxylic acids is 1. The maximum Gasteiger partial charge on any atom is 0.410 e. The number of amides is 1. The van der Waals surface area contributed by atoms with Crippen LogP contribution < -0.4 is 4.90 Å². The minimum Gasteiger partial charge on any atom is -0.478 e. The molecule has 0 spiro atoms. The number of carbonyl (C=O) groups excluding carboxylic acids is 2. The van der Waals surface area contributed by atoms with Gasteiger partial charge in [-0.1, -0.05) is 26.0 Å². The number of ether oxygens (including phenoxy) is 3. The molecule has 190 valence electrons. The number of aliphatic carboxylic acids is 1. The first-order valence-corrected chi connectivity index (χ1v) is 11.7. The van der Waals surface area contributed by atoms with E-state index in [0.29, 0.717) is 19.6 Å². The zero-order valence-electron chi connectivity index (χ0n) is 21.1. The van der Waals surface area contributed by atoms with Gasteiger partial charge in [0.05, 0.1) is 13.2 Å². The van der Waals surface area contributed by atoms with E-state index >= 15 is 0 Å². The number of rotatable bonds is 9. The van der Waals surface area contributed by atoms with Gasteiger partial charge in [0.25, 0.3) is 0 Å². The Balaban J connectivity index is 2.09. The van der Waals surface area contributed by atoms with Gasteiger partial charge in [-0.15, -0.1) is 0 Å². The number of carboxylic acid groups (broad SMARTS) is 1. The van der Waals surface area contributed by atoms with E-state index in [4.69, 9.17) is 14.2 Å². The number of benzene rings is 1. The molecule has 0 unspecified atom stereocenters. The fourth-order valence-electron chi connectivity index (χ4n) is 3.60. The highest BCUT2D eigenvalue weighted by atomic mass is 16.6. The second kappa shape index (κ2) is 12.1. The van der Waals surface area contributed by atoms with Crippen LogP contribution >= 0.6 is 0 Å². The number of esters is 1. The van der Waals surface area contributed by atoms with Gasteiger partial charge in [-0.2, -0.15) is 0 Å². The lowest BCUT2D eigenvalue weighted by atomic mass is 10.0. The number of likely N-dealkylation sites (N-methyl/N-ethyl adjacent to an activating group) is 1. The van der Waals surface area contributed by atoms with Crippen molar-refractivity contribution >= 4 is 23.7 Å². The van der Waals surface area contributed by atoms with Crippen molar-refractivity contribution in [1.82, 2.24) is 4.90 Å². The van der Waals surface area contributed by atoms with Crippen LogP contribution in [0.3, 0.4) is 0 Å². The first-order valence-electron chi connectivity index (χ1n) is 11.7. The molecule has 2 atom stereocenters. The monoisotopic (exact) mass is 478 g/mol. The summed E-state index contributed by atoms with van der Waals surface area (Å²) in [5, 5.41) is 9.70. The van der Waals surface area contributed by atoms with Crippen molar-refractivity contribution in [1.29, 1.82) is 0 Å². The molecule has 0 bridgehead atoms. The second-order valence-electron chi connectivity index (χ2n) is 9.97. The quantitative estimate of drug-likeness (QED) is 0.539. The first-order chi connectivity index (χ1) is 15.9. The van der Waals surface area contributed by atoms with Crippen LogP contribution in [0, 0.1) is 5.92 Å². The molecular formula is C25H38N2O7. The molecule has 9 heteroatoms. The molecule has 0 saturated carbocycles. The molecule has 1 aromatic carbocycles. The summed E-state index contributed by atoms with van der Waals surface area (Å²) in [4.78, 5) is 40.8. The lowest BCUT2D eigenvalue weighted by Crippen LogP contribution is -2.47. The summed E-state index contributed by atoms with van der Waals surface area (Å²) in [7, 11) is 1.46. The second-order valence-corrected chi connectivity index (χ2v) is 9.97. The van der Waals surface area contributed by atoms with E-state index < -0.39 is 35.8 Å². The van der Waals surface area contributed by atoms with Gasteiger partial charge in [-0.3, -0.25) is 4.90 Å². The Labute approximate surface area is 201 Å². The molecule has 0 aliphatic carbocycles. The van der Waals surface area contributed by atoms with E-state index in [1.807, 2.05) is 38.1 Å². The smallest absolute Gasteiger partial charge is 0.410 e. The molecule has 1 aliphatic rings. The van der Waals surface area contributed by atoms with E-state index in [-0.39, 0.29) is 12.3 Å². The molecule has 0 aromatic heterocycles. The van der Waals surface area contributed by atoms with Crippen LogP contribution in [0.15, 0.2) is 24.3 Å². The average molecular weight is 479 g/mol. The van der Waals surface area contributed by atoms with E-state index in [1.54, 1.807) is 20.8 Å². The maximum absolute atomic E-state index is 13.0. The SMILES string of the molecule is CC(C)C[C@@H](C(=O)O[C@H](Cc1ccc(N2CCOCC2)cc1)C(=O)O)N(C)C(=O)OC(C)(C)C. The Bertz CT molecular complexity index is 827. The number of carbonyl (C=O) groups is 3. The summed E-state index contributed by atoms with van der Waals surface area (Å²) >= 11 is 0. The van der Waals surface area contributed by atoms with Gasteiger partial charge in [-0.05, 0) is 50.8 Å². The third kappa shape index (κ3) is 8.52. The number of anilines is 1. The first kappa shape index (κ1) is 27.4. The topological polar surface area (TPSA) is 106 Å². The minimum atomic E-state index is -1.37. The minimum absolute atomic E-state index is 0.0228. The van der Waals surface area contributed by atoms with Crippen LogP contribution in [0.2, 0.25) is 0 Å². The number of nitrogens with zero attached hydrogens (tertiary/aromatic N) is 2. The van der Waals surface area contributed by atoms with E-state index in [1.165, 1.54) is 11.9 Å². The highest BCUT2D eigenvalue weighted by molar-refractivity contribution is 5.84. The Kier molecular flexibility index (Phi) is 9.73. The number of hydrogen-bond donors (Lipinski definition) is 1. The molecule has 1 aromatic rings. The molecule has 9 nitrogen and oxygen atoms in total. The third-order valence-electron chi connectivity index (χ3n) is 5.38. The standard InChI is InChI=1S/C25H38N2O7/c1-17(2)15-20(26(6)24(31)34-25(3,4)5)23(30)33-21(22(28)29)16-18-7-9-19(10-8-18)27-11-13-32-14-12-27/h7-10,17,20-21H,11-16H2,1-6H3,(H,28,29)/t20-,21+/m0/s1. The summed E-state index contributed by atoms with van der Waals surface area (Å²) in [6.45, 7) is 12.0. The van der Waals surface area contributed by atoms with E-state index in [2.05, 4.69) is 4.90 Å². The van der Waals surface area contributed by atoms with Crippen LogP contribution in [0.1, 0.15) is 46.6 Å². The zero-order valence-corrected chi connectivity index (χ0v) is 21.1. The van der Waals surface area contributed by atoms with Crippen LogP contribution in [0.25, 0.3) is 0 Å². The van der Waals surface area contributed by atoms with E-state index in [0.717, 1.165) is 24.3 Å². The van der Waals surface area contributed by atoms with Gasteiger partial charge >= 0.3 is 18.0 Å². The van der Waals surface area contributed by atoms with Gasteiger partial charge in [0.1, 0.15) is 11.6 Å². The predicted molar refractivity (Wildman–Crippen MR) is 128 cm³/mol. The molecule has 2 rings (SSSR count). The average Bonchev–Trinajstić information content (AvgIpc) is 2.76. The van der Waals surface area contributed by atoms with Crippen molar-refractivity contribution in [3.63, 3.8) is 0 Å². The Hall–Kier alpha value is -2.81. The van der Waals surface area contributed by atoms with Crippen molar-refractivity contribution in [2.24, 2.45) is 5.92 Å². The van der Waals surface area contributed by atoms with Crippen molar-refractivity contribution in [2.45, 2.75) is 65.2 Å². The van der Waals surface area contributed by atoms with E-state index in [9.17, 15) is 19.5 Å². The van der Waals surface area contributed by atoms with Crippen LogP contribution in [-0.2, 0) is 30.2 Å².